The van der Waals surface area contributed by atoms with E-state index >= 15 is 0 Å². The van der Waals surface area contributed by atoms with Gasteiger partial charge < -0.3 is 14.8 Å². The number of hydrogen-bond acceptors (Lipinski definition) is 4. The van der Waals surface area contributed by atoms with E-state index in [1.54, 1.807) is 0 Å². The van der Waals surface area contributed by atoms with E-state index in [-0.39, 0.29) is 12.7 Å². The first-order valence-corrected chi connectivity index (χ1v) is 9.35. The first-order valence-electron chi connectivity index (χ1n) is 9.35. The van der Waals surface area contributed by atoms with Crippen molar-refractivity contribution in [2.75, 3.05) is 12.1 Å². The Morgan fingerprint density at radius 1 is 0.931 bits per heavy atom. The molecule has 29 heavy (non-hydrogen) atoms. The Labute approximate surface area is 167 Å². The van der Waals surface area contributed by atoms with Crippen LogP contribution in [0.2, 0.25) is 0 Å². The summed E-state index contributed by atoms with van der Waals surface area (Å²) >= 11 is 0. The predicted octanol–water partition coefficient (Wildman–Crippen LogP) is 5.19. The molecule has 2 heterocycles. The summed E-state index contributed by atoms with van der Waals surface area (Å²) in [6.45, 7) is 2.21. The molecule has 0 fully saturated rings. The Kier molecular flexibility index (Phi) is 4.13. The van der Waals surface area contributed by atoms with Crippen molar-refractivity contribution in [2.45, 2.75) is 6.92 Å². The molecule has 0 saturated carbocycles. The Morgan fingerprint density at radius 2 is 1.79 bits per heavy atom. The molecule has 0 atom stereocenters. The molecule has 5 heteroatoms. The second-order valence-corrected chi connectivity index (χ2v) is 6.96. The quantitative estimate of drug-likeness (QED) is 0.530. The Balaban J connectivity index is 1.60. The highest BCUT2D eigenvalue weighted by Gasteiger charge is 2.17. The third-order valence-corrected chi connectivity index (χ3v) is 4.91. The zero-order valence-electron chi connectivity index (χ0n) is 15.8. The number of para-hydroxylation sites is 1. The number of aryl methyl sites for hydroxylation is 1. The Morgan fingerprint density at radius 3 is 2.69 bits per heavy atom. The molecule has 1 aromatic heterocycles. The number of amides is 1. The van der Waals surface area contributed by atoms with Crippen molar-refractivity contribution in [3.8, 4) is 22.8 Å². The molecule has 0 radical (unpaired) electrons. The largest absolute Gasteiger partial charge is 0.454 e. The Hall–Kier alpha value is -3.86. The molecule has 1 amide bonds. The van der Waals surface area contributed by atoms with Gasteiger partial charge in [-0.25, -0.2) is 4.98 Å². The van der Waals surface area contributed by atoms with Gasteiger partial charge in [0.15, 0.2) is 11.5 Å². The van der Waals surface area contributed by atoms with Gasteiger partial charge in [0, 0.05) is 16.6 Å². The number of nitrogens with zero attached hydrogens (tertiary/aromatic N) is 1. The highest BCUT2D eigenvalue weighted by atomic mass is 16.7. The van der Waals surface area contributed by atoms with Gasteiger partial charge in [0.1, 0.15) is 0 Å². The minimum Gasteiger partial charge on any atom is -0.454 e. The van der Waals surface area contributed by atoms with Crippen molar-refractivity contribution in [2.24, 2.45) is 0 Å². The predicted molar refractivity (Wildman–Crippen MR) is 112 cm³/mol. The van der Waals surface area contributed by atoms with Crippen LogP contribution in [0.1, 0.15) is 15.9 Å². The summed E-state index contributed by atoms with van der Waals surface area (Å²) in [7, 11) is 0. The molecular weight excluding hydrogens is 364 g/mol. The first kappa shape index (κ1) is 17.3. The van der Waals surface area contributed by atoms with Gasteiger partial charge in [0.2, 0.25) is 6.79 Å². The van der Waals surface area contributed by atoms with Crippen molar-refractivity contribution in [1.82, 2.24) is 4.98 Å². The monoisotopic (exact) mass is 382 g/mol. The number of anilines is 1. The van der Waals surface area contributed by atoms with Gasteiger partial charge in [-0.1, -0.05) is 30.3 Å². The van der Waals surface area contributed by atoms with E-state index in [0.717, 1.165) is 27.7 Å². The van der Waals surface area contributed by atoms with Crippen molar-refractivity contribution in [1.29, 1.82) is 0 Å². The maximum Gasteiger partial charge on any atom is 0.256 e. The highest BCUT2D eigenvalue weighted by Crippen LogP contribution is 2.36. The molecule has 0 saturated heterocycles. The van der Waals surface area contributed by atoms with E-state index in [1.165, 1.54) is 0 Å². The van der Waals surface area contributed by atoms with Crippen LogP contribution in [-0.2, 0) is 0 Å². The molecule has 0 unspecified atom stereocenters. The molecule has 142 valence electrons. The van der Waals surface area contributed by atoms with Gasteiger partial charge >= 0.3 is 0 Å². The summed E-state index contributed by atoms with van der Waals surface area (Å²) in [6, 6.07) is 22.9. The second-order valence-electron chi connectivity index (χ2n) is 6.96. The van der Waals surface area contributed by atoms with Gasteiger partial charge in [-0.15, -0.1) is 0 Å². The number of aromatic nitrogens is 1. The maximum absolute atomic E-state index is 13.1. The highest BCUT2D eigenvalue weighted by molar-refractivity contribution is 6.13. The third-order valence-electron chi connectivity index (χ3n) is 4.91. The van der Waals surface area contributed by atoms with E-state index in [1.807, 2.05) is 79.7 Å². The summed E-state index contributed by atoms with van der Waals surface area (Å²) in [5.41, 5.74) is 4.76. The topological polar surface area (TPSA) is 60.5 Å². The molecule has 3 aromatic carbocycles. The maximum atomic E-state index is 13.1. The SMILES string of the molecule is Cc1cccc(NC(=O)c2cc(-c3ccc4c(c3)OCO4)nc3ccccc23)c1. The van der Waals surface area contributed by atoms with Crippen LogP contribution >= 0.6 is 0 Å². The van der Waals surface area contributed by atoms with Crippen molar-refractivity contribution in [3.05, 3.63) is 83.9 Å². The summed E-state index contributed by atoms with van der Waals surface area (Å²) in [4.78, 5) is 17.9. The Bertz CT molecular complexity index is 1250. The van der Waals surface area contributed by atoms with Crippen molar-refractivity contribution in [3.63, 3.8) is 0 Å². The smallest absolute Gasteiger partial charge is 0.256 e. The van der Waals surface area contributed by atoms with E-state index in [0.29, 0.717) is 22.8 Å². The van der Waals surface area contributed by atoms with Gasteiger partial charge in [0.25, 0.3) is 5.91 Å². The molecule has 1 aliphatic rings. The van der Waals surface area contributed by atoms with E-state index in [4.69, 9.17) is 14.5 Å². The summed E-state index contributed by atoms with van der Waals surface area (Å²) in [5, 5.41) is 3.81. The zero-order valence-corrected chi connectivity index (χ0v) is 15.8. The van der Waals surface area contributed by atoms with Gasteiger partial charge in [0.05, 0.1) is 16.8 Å². The average Bonchev–Trinajstić information content (AvgIpc) is 3.21. The van der Waals surface area contributed by atoms with E-state index < -0.39 is 0 Å². The first-order chi connectivity index (χ1) is 14.2. The lowest BCUT2D eigenvalue weighted by atomic mass is 10.0. The summed E-state index contributed by atoms with van der Waals surface area (Å²) in [5.74, 6) is 1.23. The van der Waals surface area contributed by atoms with Crippen LogP contribution in [0.25, 0.3) is 22.2 Å². The number of hydrogen-bond donors (Lipinski definition) is 1. The zero-order chi connectivity index (χ0) is 19.8. The average molecular weight is 382 g/mol. The second kappa shape index (κ2) is 6.95. The molecule has 1 N–H and O–H groups in total. The van der Waals surface area contributed by atoms with Crippen LogP contribution in [-0.4, -0.2) is 17.7 Å². The lowest BCUT2D eigenvalue weighted by Crippen LogP contribution is -2.13. The minimum atomic E-state index is -0.170. The molecular formula is C24H18N2O3. The van der Waals surface area contributed by atoms with E-state index in [2.05, 4.69) is 5.32 Å². The number of ether oxygens (including phenoxy) is 2. The standard InChI is InChI=1S/C24H18N2O3/c1-15-5-4-6-17(11-15)25-24(27)19-13-21(26-20-8-3-2-7-18(19)20)16-9-10-22-23(12-16)29-14-28-22/h2-13H,14H2,1H3,(H,25,27). The van der Waals surface area contributed by atoms with Crippen molar-refractivity contribution >= 4 is 22.5 Å². The van der Waals surface area contributed by atoms with Crippen molar-refractivity contribution < 1.29 is 14.3 Å². The fourth-order valence-corrected chi connectivity index (χ4v) is 3.49. The van der Waals surface area contributed by atoms with Crippen LogP contribution in [0, 0.1) is 6.92 Å². The third kappa shape index (κ3) is 3.27. The number of nitrogens with one attached hydrogen (secondary N) is 1. The number of carbonyl (C=O) groups excluding carboxylic acids is 1. The fourth-order valence-electron chi connectivity index (χ4n) is 3.49. The molecule has 0 bridgehead atoms. The van der Waals surface area contributed by atoms with Crippen LogP contribution < -0.4 is 14.8 Å². The molecule has 5 rings (SSSR count). The molecule has 0 spiro atoms. The molecule has 0 aliphatic carbocycles. The summed E-state index contributed by atoms with van der Waals surface area (Å²) in [6.07, 6.45) is 0. The van der Waals surface area contributed by atoms with Gasteiger partial charge in [-0.2, -0.15) is 0 Å². The lowest BCUT2D eigenvalue weighted by Gasteiger charge is -2.11. The van der Waals surface area contributed by atoms with Crippen LogP contribution in [0.15, 0.2) is 72.8 Å². The normalized spacial score (nSPS) is 12.2. The molecule has 4 aromatic rings. The number of carbonyl (C=O) groups is 1. The number of rotatable bonds is 3. The van der Waals surface area contributed by atoms with Crippen LogP contribution in [0.4, 0.5) is 5.69 Å². The van der Waals surface area contributed by atoms with Gasteiger partial charge in [-0.05, 0) is 55.0 Å². The number of fused-ring (bicyclic) bond motifs is 2. The van der Waals surface area contributed by atoms with Crippen LogP contribution in [0.5, 0.6) is 11.5 Å². The minimum absolute atomic E-state index is 0.170. The van der Waals surface area contributed by atoms with E-state index in [9.17, 15) is 4.79 Å². The van der Waals surface area contributed by atoms with Crippen LogP contribution in [0.3, 0.4) is 0 Å². The number of pyridine rings is 1. The molecule has 5 nitrogen and oxygen atoms in total. The lowest BCUT2D eigenvalue weighted by molar-refractivity contribution is 0.102. The molecule has 1 aliphatic heterocycles. The fraction of sp³-hybridized carbons (Fsp3) is 0.0833. The van der Waals surface area contributed by atoms with Gasteiger partial charge in [-0.3, -0.25) is 4.79 Å². The number of benzene rings is 3. The summed E-state index contributed by atoms with van der Waals surface area (Å²) < 4.78 is 10.9.